The number of fused-ring (bicyclic) bond motifs is 1. The lowest BCUT2D eigenvalue weighted by Gasteiger charge is -2.11. The van der Waals surface area contributed by atoms with E-state index >= 15 is 0 Å². The van der Waals surface area contributed by atoms with Gasteiger partial charge in [0.2, 0.25) is 5.91 Å². The average molecular weight is 409 g/mol. The molecule has 7 nitrogen and oxygen atoms in total. The van der Waals surface area contributed by atoms with Crippen molar-refractivity contribution in [2.75, 3.05) is 6.54 Å². The number of amides is 2. The van der Waals surface area contributed by atoms with Crippen LogP contribution in [0.25, 0.3) is 5.65 Å². The first-order chi connectivity index (χ1) is 14.4. The van der Waals surface area contributed by atoms with E-state index < -0.39 is 0 Å². The molecule has 3 rings (SSSR count). The Bertz CT molecular complexity index is 1030. The summed E-state index contributed by atoms with van der Waals surface area (Å²) in [6.45, 7) is 6.59. The summed E-state index contributed by atoms with van der Waals surface area (Å²) in [7, 11) is 0. The highest BCUT2D eigenvalue weighted by atomic mass is 16.5. The number of aryl methyl sites for hydroxylation is 1. The van der Waals surface area contributed by atoms with E-state index in [4.69, 9.17) is 4.74 Å². The Morgan fingerprint density at radius 3 is 2.83 bits per heavy atom. The van der Waals surface area contributed by atoms with Crippen LogP contribution in [0.4, 0.5) is 0 Å². The van der Waals surface area contributed by atoms with Crippen LogP contribution in [0.3, 0.4) is 0 Å². The van der Waals surface area contributed by atoms with Crippen molar-refractivity contribution in [3.8, 4) is 5.75 Å². The highest BCUT2D eigenvalue weighted by molar-refractivity contribution is 5.94. The standard InChI is InChI=1S/C23H28N4O3/c1-4-17(3)25-22(28)10-11-24-23(29)18-6-5-7-20(12-18)30-15-19-14-27-13-16(2)8-9-21(27)26-19/h5-9,12-14,17H,4,10-11,15H2,1-3H3,(H,24,29)(H,25,28). The van der Waals surface area contributed by atoms with Crippen LogP contribution in [0.2, 0.25) is 0 Å². The molecule has 0 bridgehead atoms. The first-order valence-corrected chi connectivity index (χ1v) is 10.2. The first-order valence-electron chi connectivity index (χ1n) is 10.2. The lowest BCUT2D eigenvalue weighted by Crippen LogP contribution is -2.35. The van der Waals surface area contributed by atoms with Crippen molar-refractivity contribution in [2.45, 2.75) is 46.3 Å². The van der Waals surface area contributed by atoms with Crippen LogP contribution < -0.4 is 15.4 Å². The van der Waals surface area contributed by atoms with Gasteiger partial charge in [-0.3, -0.25) is 9.59 Å². The normalized spacial score (nSPS) is 11.8. The summed E-state index contributed by atoms with van der Waals surface area (Å²) in [6, 6.07) is 11.1. The van der Waals surface area contributed by atoms with Crippen molar-refractivity contribution in [1.82, 2.24) is 20.0 Å². The Balaban J connectivity index is 1.52. The number of pyridine rings is 1. The van der Waals surface area contributed by atoms with E-state index in [-0.39, 0.29) is 30.8 Å². The molecule has 2 amide bonds. The molecule has 158 valence electrons. The van der Waals surface area contributed by atoms with E-state index in [2.05, 4.69) is 15.6 Å². The van der Waals surface area contributed by atoms with Crippen molar-refractivity contribution < 1.29 is 14.3 Å². The van der Waals surface area contributed by atoms with Gasteiger partial charge in [-0.15, -0.1) is 0 Å². The Hall–Kier alpha value is -3.35. The lowest BCUT2D eigenvalue weighted by atomic mass is 10.2. The third-order valence-electron chi connectivity index (χ3n) is 4.79. The number of imidazole rings is 1. The molecule has 0 saturated heterocycles. The maximum Gasteiger partial charge on any atom is 0.251 e. The second kappa shape index (κ2) is 9.91. The molecule has 0 aliphatic rings. The minimum absolute atomic E-state index is 0.0654. The monoisotopic (exact) mass is 408 g/mol. The van der Waals surface area contributed by atoms with Gasteiger partial charge in [-0.2, -0.15) is 0 Å². The summed E-state index contributed by atoms with van der Waals surface area (Å²) in [5, 5.41) is 5.65. The Morgan fingerprint density at radius 1 is 1.20 bits per heavy atom. The number of rotatable bonds is 9. The Labute approximate surface area is 176 Å². The van der Waals surface area contributed by atoms with E-state index in [1.165, 1.54) is 0 Å². The molecule has 0 aliphatic carbocycles. The van der Waals surface area contributed by atoms with E-state index in [0.717, 1.165) is 23.3 Å². The van der Waals surface area contributed by atoms with E-state index in [1.807, 2.05) is 49.7 Å². The number of nitrogens with zero attached hydrogens (tertiary/aromatic N) is 2. The van der Waals surface area contributed by atoms with Crippen LogP contribution in [0.15, 0.2) is 48.8 Å². The number of carbonyl (C=O) groups excluding carboxylic acids is 2. The molecule has 30 heavy (non-hydrogen) atoms. The van der Waals surface area contributed by atoms with Crippen molar-refractivity contribution in [3.05, 3.63) is 65.6 Å². The van der Waals surface area contributed by atoms with Crippen LogP contribution in [0, 0.1) is 6.92 Å². The number of ether oxygens (including phenoxy) is 1. The van der Waals surface area contributed by atoms with Gasteiger partial charge >= 0.3 is 0 Å². The van der Waals surface area contributed by atoms with Crippen LogP contribution >= 0.6 is 0 Å². The fourth-order valence-electron chi connectivity index (χ4n) is 2.95. The molecular weight excluding hydrogens is 380 g/mol. The van der Waals surface area contributed by atoms with E-state index in [9.17, 15) is 9.59 Å². The average Bonchev–Trinajstić information content (AvgIpc) is 3.14. The number of nitrogens with one attached hydrogen (secondary N) is 2. The number of hydrogen-bond acceptors (Lipinski definition) is 4. The molecule has 1 unspecified atom stereocenters. The van der Waals surface area contributed by atoms with Gasteiger partial charge in [-0.25, -0.2) is 4.98 Å². The molecule has 0 spiro atoms. The molecule has 0 radical (unpaired) electrons. The summed E-state index contributed by atoms with van der Waals surface area (Å²) in [5.41, 5.74) is 3.32. The van der Waals surface area contributed by atoms with Crippen molar-refractivity contribution in [3.63, 3.8) is 0 Å². The predicted molar refractivity (Wildman–Crippen MR) is 116 cm³/mol. The van der Waals surface area contributed by atoms with Gasteiger partial charge in [0.05, 0.1) is 5.69 Å². The van der Waals surface area contributed by atoms with Gasteiger partial charge in [-0.05, 0) is 50.1 Å². The molecule has 1 aromatic carbocycles. The molecule has 7 heteroatoms. The quantitative estimate of drug-likeness (QED) is 0.569. The topological polar surface area (TPSA) is 84.7 Å². The molecule has 2 N–H and O–H groups in total. The summed E-state index contributed by atoms with van der Waals surface area (Å²) in [5.74, 6) is 0.287. The van der Waals surface area contributed by atoms with Crippen molar-refractivity contribution in [2.24, 2.45) is 0 Å². The number of aromatic nitrogens is 2. The minimum Gasteiger partial charge on any atom is -0.487 e. The first kappa shape index (κ1) is 21.4. The molecule has 3 aromatic rings. The zero-order valence-electron chi connectivity index (χ0n) is 17.6. The maximum absolute atomic E-state index is 12.4. The fraction of sp³-hybridized carbons (Fsp3) is 0.348. The van der Waals surface area contributed by atoms with E-state index in [0.29, 0.717) is 17.9 Å². The van der Waals surface area contributed by atoms with Crippen LogP contribution in [-0.2, 0) is 11.4 Å². The zero-order chi connectivity index (χ0) is 21.5. The molecule has 1 atom stereocenters. The van der Waals surface area contributed by atoms with Crippen LogP contribution in [0.5, 0.6) is 5.75 Å². The highest BCUT2D eigenvalue weighted by Gasteiger charge is 2.10. The summed E-state index contributed by atoms with van der Waals surface area (Å²) in [6.07, 6.45) is 5.07. The fourth-order valence-corrected chi connectivity index (χ4v) is 2.95. The molecular formula is C23H28N4O3. The predicted octanol–water partition coefficient (Wildman–Crippen LogP) is 3.26. The van der Waals surface area contributed by atoms with Gasteiger partial charge < -0.3 is 19.8 Å². The lowest BCUT2D eigenvalue weighted by molar-refractivity contribution is -0.121. The van der Waals surface area contributed by atoms with Gasteiger partial charge in [-0.1, -0.05) is 19.1 Å². The van der Waals surface area contributed by atoms with Gasteiger partial charge in [0.25, 0.3) is 5.91 Å². The third kappa shape index (κ3) is 5.83. The second-order valence-corrected chi connectivity index (χ2v) is 7.40. The Morgan fingerprint density at radius 2 is 2.03 bits per heavy atom. The van der Waals surface area contributed by atoms with Gasteiger partial charge in [0.15, 0.2) is 0 Å². The number of hydrogen-bond donors (Lipinski definition) is 2. The van der Waals surface area contributed by atoms with Crippen LogP contribution in [-0.4, -0.2) is 33.8 Å². The molecule has 0 saturated carbocycles. The maximum atomic E-state index is 12.4. The molecule has 0 aliphatic heterocycles. The largest absolute Gasteiger partial charge is 0.487 e. The van der Waals surface area contributed by atoms with Crippen molar-refractivity contribution in [1.29, 1.82) is 0 Å². The minimum atomic E-state index is -0.236. The van der Waals surface area contributed by atoms with E-state index in [1.54, 1.807) is 24.3 Å². The molecule has 2 heterocycles. The SMILES string of the molecule is CCC(C)NC(=O)CCNC(=O)c1cccc(OCc2cn3cc(C)ccc3n2)c1. The zero-order valence-corrected chi connectivity index (χ0v) is 17.6. The highest BCUT2D eigenvalue weighted by Crippen LogP contribution is 2.16. The molecule has 2 aromatic heterocycles. The smallest absolute Gasteiger partial charge is 0.251 e. The molecule has 0 fully saturated rings. The van der Waals surface area contributed by atoms with Gasteiger partial charge in [0.1, 0.15) is 18.0 Å². The summed E-state index contributed by atoms with van der Waals surface area (Å²) in [4.78, 5) is 28.7. The summed E-state index contributed by atoms with van der Waals surface area (Å²) >= 11 is 0. The number of carbonyl (C=O) groups is 2. The third-order valence-corrected chi connectivity index (χ3v) is 4.79. The second-order valence-electron chi connectivity index (χ2n) is 7.40. The van der Waals surface area contributed by atoms with Gasteiger partial charge in [0, 0.05) is 37.0 Å². The number of benzene rings is 1. The van der Waals surface area contributed by atoms with Crippen molar-refractivity contribution >= 4 is 17.5 Å². The van der Waals surface area contributed by atoms with Crippen LogP contribution in [0.1, 0.15) is 48.3 Å². The summed E-state index contributed by atoms with van der Waals surface area (Å²) < 4.78 is 7.79. The Kier molecular flexibility index (Phi) is 7.06.